The molecule has 3 N–H and O–H groups in total. The smallest absolute Gasteiger partial charge is 0.0465 e. The summed E-state index contributed by atoms with van der Waals surface area (Å²) in [6.45, 7) is 0. The van der Waals surface area contributed by atoms with Crippen LogP contribution in [0.5, 0.6) is 0 Å². The normalized spacial score (nSPS) is 18.1. The predicted octanol–water partition coefficient (Wildman–Crippen LogP) is 4.51. The lowest BCUT2D eigenvalue weighted by Gasteiger charge is -2.19. The van der Waals surface area contributed by atoms with Crippen LogP contribution >= 0.6 is 0 Å². The molecule has 1 fully saturated rings. The van der Waals surface area contributed by atoms with Crippen LogP contribution in [0.3, 0.4) is 0 Å². The summed E-state index contributed by atoms with van der Waals surface area (Å²) in [7, 11) is 0. The highest BCUT2D eigenvalue weighted by Gasteiger charge is 2.23. The van der Waals surface area contributed by atoms with Crippen LogP contribution in [0.4, 0.5) is 0 Å². The Bertz CT molecular complexity index is 750. The van der Waals surface area contributed by atoms with Gasteiger partial charge in [-0.25, -0.2) is 0 Å². The average molecular weight is 264 g/mol. The number of hydrogen-bond donors (Lipinski definition) is 2. The lowest BCUT2D eigenvalue weighted by molar-refractivity contribution is 0.445. The average Bonchev–Trinajstić information content (AvgIpc) is 3.13. The molecule has 1 atom stereocenters. The number of benzene rings is 2. The molecule has 2 heteroatoms. The number of para-hydroxylation sites is 1. The van der Waals surface area contributed by atoms with Crippen molar-refractivity contribution < 1.29 is 0 Å². The van der Waals surface area contributed by atoms with Crippen LogP contribution in [-0.4, -0.2) is 4.98 Å². The Morgan fingerprint density at radius 3 is 2.55 bits per heavy atom. The Hall–Kier alpha value is -1.80. The molecule has 1 aliphatic rings. The first kappa shape index (κ1) is 12.0. The number of rotatable bonds is 2. The van der Waals surface area contributed by atoms with Crippen molar-refractivity contribution in [3.63, 3.8) is 0 Å². The van der Waals surface area contributed by atoms with Crippen molar-refractivity contribution in [2.75, 3.05) is 0 Å². The van der Waals surface area contributed by atoms with Gasteiger partial charge in [0.05, 0.1) is 0 Å². The van der Waals surface area contributed by atoms with E-state index in [1.165, 1.54) is 53.1 Å². The molecule has 20 heavy (non-hydrogen) atoms. The van der Waals surface area contributed by atoms with Gasteiger partial charge in [-0.15, -0.1) is 0 Å². The lowest BCUT2D eigenvalue weighted by atomic mass is 9.91. The van der Waals surface area contributed by atoms with E-state index in [9.17, 15) is 0 Å². The van der Waals surface area contributed by atoms with Crippen LogP contribution in [-0.2, 0) is 0 Å². The van der Waals surface area contributed by atoms with Gasteiger partial charge in [0.15, 0.2) is 0 Å². The first-order valence-electron chi connectivity index (χ1n) is 7.59. The molecule has 1 aromatic heterocycles. The first-order chi connectivity index (χ1) is 9.83. The van der Waals surface area contributed by atoms with Crippen molar-refractivity contribution in [1.82, 2.24) is 4.98 Å². The second-order valence-electron chi connectivity index (χ2n) is 6.05. The topological polar surface area (TPSA) is 41.8 Å². The van der Waals surface area contributed by atoms with E-state index in [-0.39, 0.29) is 6.04 Å². The summed E-state index contributed by atoms with van der Waals surface area (Å²) in [5, 5.41) is 2.59. The molecule has 4 rings (SSSR count). The number of nitrogens with two attached hydrogens (primary N) is 1. The van der Waals surface area contributed by atoms with Gasteiger partial charge in [-0.3, -0.25) is 0 Å². The monoisotopic (exact) mass is 264 g/mol. The Labute approximate surface area is 119 Å². The fourth-order valence-corrected chi connectivity index (χ4v) is 3.66. The summed E-state index contributed by atoms with van der Waals surface area (Å²) >= 11 is 0. The Morgan fingerprint density at radius 2 is 1.70 bits per heavy atom. The zero-order valence-corrected chi connectivity index (χ0v) is 11.6. The minimum Gasteiger partial charge on any atom is -0.355 e. The van der Waals surface area contributed by atoms with Crippen LogP contribution in [0.25, 0.3) is 21.8 Å². The zero-order valence-electron chi connectivity index (χ0n) is 11.6. The third kappa shape index (κ3) is 1.83. The first-order valence-corrected chi connectivity index (χ1v) is 7.59. The number of aromatic nitrogens is 1. The van der Waals surface area contributed by atoms with Crippen molar-refractivity contribution in [3.05, 3.63) is 48.0 Å². The number of hydrogen-bond acceptors (Lipinski definition) is 1. The van der Waals surface area contributed by atoms with Gasteiger partial charge in [0.25, 0.3) is 0 Å². The van der Waals surface area contributed by atoms with Gasteiger partial charge < -0.3 is 10.7 Å². The molecule has 1 heterocycles. The van der Waals surface area contributed by atoms with Gasteiger partial charge >= 0.3 is 0 Å². The van der Waals surface area contributed by atoms with Gasteiger partial charge in [0.1, 0.15) is 0 Å². The van der Waals surface area contributed by atoms with Crippen molar-refractivity contribution in [1.29, 1.82) is 0 Å². The van der Waals surface area contributed by atoms with Crippen LogP contribution in [0.1, 0.15) is 37.3 Å². The van der Waals surface area contributed by atoms with E-state index in [0.29, 0.717) is 5.92 Å². The molecular formula is C18H20N2. The Morgan fingerprint density at radius 1 is 0.950 bits per heavy atom. The van der Waals surface area contributed by atoms with E-state index in [4.69, 9.17) is 5.73 Å². The molecule has 0 saturated heterocycles. The van der Waals surface area contributed by atoms with Gasteiger partial charge in [0.2, 0.25) is 0 Å². The standard InChI is InChI=1S/C18H20N2/c19-18(12-5-1-2-6-12)13-9-10-17-15(11-13)14-7-3-4-8-16(14)20-17/h3-4,7-12,18,20H,1-2,5-6,19H2. The maximum absolute atomic E-state index is 6.49. The number of fused-ring (bicyclic) bond motifs is 3. The minimum atomic E-state index is 0.190. The molecule has 1 saturated carbocycles. The second kappa shape index (κ2) is 4.64. The maximum atomic E-state index is 6.49. The summed E-state index contributed by atoms with van der Waals surface area (Å²) in [6, 6.07) is 15.3. The molecule has 2 aromatic carbocycles. The highest BCUT2D eigenvalue weighted by atomic mass is 14.7. The van der Waals surface area contributed by atoms with Crippen molar-refractivity contribution in [2.45, 2.75) is 31.7 Å². The van der Waals surface area contributed by atoms with Gasteiger partial charge in [-0.05, 0) is 42.5 Å². The van der Waals surface area contributed by atoms with Crippen LogP contribution in [0.2, 0.25) is 0 Å². The molecule has 2 nitrogen and oxygen atoms in total. The largest absolute Gasteiger partial charge is 0.355 e. The Balaban J connectivity index is 1.82. The van der Waals surface area contributed by atoms with Crippen LogP contribution < -0.4 is 5.73 Å². The lowest BCUT2D eigenvalue weighted by Crippen LogP contribution is -2.18. The predicted molar refractivity (Wildman–Crippen MR) is 84.7 cm³/mol. The highest BCUT2D eigenvalue weighted by molar-refractivity contribution is 6.07. The van der Waals surface area contributed by atoms with E-state index in [1.807, 2.05) is 0 Å². The highest BCUT2D eigenvalue weighted by Crippen LogP contribution is 2.36. The molecule has 102 valence electrons. The summed E-state index contributed by atoms with van der Waals surface area (Å²) in [6.07, 6.45) is 5.25. The zero-order chi connectivity index (χ0) is 13.5. The fraction of sp³-hybridized carbons (Fsp3) is 0.333. The molecule has 3 aromatic rings. The molecule has 0 spiro atoms. The number of nitrogens with one attached hydrogen (secondary N) is 1. The van der Waals surface area contributed by atoms with Gasteiger partial charge in [0, 0.05) is 27.8 Å². The van der Waals surface area contributed by atoms with Gasteiger partial charge in [-0.2, -0.15) is 0 Å². The molecule has 0 radical (unpaired) electrons. The van der Waals surface area contributed by atoms with E-state index in [1.54, 1.807) is 0 Å². The molecule has 0 bridgehead atoms. The maximum Gasteiger partial charge on any atom is 0.0465 e. The van der Waals surface area contributed by atoms with Crippen LogP contribution in [0.15, 0.2) is 42.5 Å². The molecular weight excluding hydrogens is 244 g/mol. The quantitative estimate of drug-likeness (QED) is 0.702. The summed E-state index contributed by atoms with van der Waals surface area (Å²) in [5.41, 5.74) is 10.2. The third-order valence-corrected chi connectivity index (χ3v) is 4.82. The van der Waals surface area contributed by atoms with Crippen molar-refractivity contribution in [3.8, 4) is 0 Å². The minimum absolute atomic E-state index is 0.190. The summed E-state index contributed by atoms with van der Waals surface area (Å²) in [5.74, 6) is 0.664. The van der Waals surface area contributed by atoms with E-state index in [2.05, 4.69) is 47.4 Å². The van der Waals surface area contributed by atoms with E-state index >= 15 is 0 Å². The molecule has 1 aliphatic carbocycles. The van der Waals surface area contributed by atoms with Crippen LogP contribution in [0, 0.1) is 5.92 Å². The van der Waals surface area contributed by atoms with E-state index < -0.39 is 0 Å². The van der Waals surface area contributed by atoms with Crippen molar-refractivity contribution >= 4 is 21.8 Å². The summed E-state index contributed by atoms with van der Waals surface area (Å²) in [4.78, 5) is 3.47. The molecule has 0 aliphatic heterocycles. The molecule has 0 amide bonds. The second-order valence-corrected chi connectivity index (χ2v) is 6.05. The van der Waals surface area contributed by atoms with Crippen molar-refractivity contribution in [2.24, 2.45) is 11.7 Å². The third-order valence-electron chi connectivity index (χ3n) is 4.82. The fourth-order valence-electron chi connectivity index (χ4n) is 3.66. The number of H-pyrrole nitrogens is 1. The SMILES string of the molecule is NC(c1ccc2[nH]c3ccccc3c2c1)C1CCCC1. The Kier molecular flexibility index (Phi) is 2.78. The van der Waals surface area contributed by atoms with Gasteiger partial charge in [-0.1, -0.05) is 37.1 Å². The summed E-state index contributed by atoms with van der Waals surface area (Å²) < 4.78 is 0. The number of aromatic amines is 1. The molecule has 1 unspecified atom stereocenters. The van der Waals surface area contributed by atoms with E-state index in [0.717, 1.165) is 0 Å².